The maximum absolute atomic E-state index is 12.1. The predicted molar refractivity (Wildman–Crippen MR) is 73.8 cm³/mol. The zero-order valence-corrected chi connectivity index (χ0v) is 11.4. The van der Waals surface area contributed by atoms with Crippen molar-refractivity contribution in [3.63, 3.8) is 0 Å². The molecule has 2 N–H and O–H groups in total. The second kappa shape index (κ2) is 4.93. The van der Waals surface area contributed by atoms with Gasteiger partial charge < -0.3 is 10.5 Å². The van der Waals surface area contributed by atoms with Crippen LogP contribution in [0.25, 0.3) is 0 Å². The normalized spacial score (nSPS) is 28.3. The molecule has 1 amide bonds. The number of amides is 1. The topological polar surface area (TPSA) is 69.4 Å². The number of carbonyl (C=O) groups excluding carboxylic acids is 2. The molecule has 4 heteroatoms. The fraction of sp³-hybridized carbons (Fsp3) is 0.500. The van der Waals surface area contributed by atoms with Crippen molar-refractivity contribution in [1.82, 2.24) is 0 Å². The van der Waals surface area contributed by atoms with Gasteiger partial charge in [0.05, 0.1) is 0 Å². The molecule has 1 saturated heterocycles. The molecule has 0 bridgehead atoms. The zero-order chi connectivity index (χ0) is 14.2. The first-order valence-corrected chi connectivity index (χ1v) is 7.21. The standard InChI is InChI=1S/C16H19NO3/c17-14(18)12-13(11-7-3-1-4-8-11)16(20-15(12)19)9-5-2-6-10-16/h1,3-4,7-8,12-13H,2,5-6,9-10H2,(H2,17,18). The molecule has 1 aromatic rings. The number of benzene rings is 1. The van der Waals surface area contributed by atoms with Crippen molar-refractivity contribution >= 4 is 11.9 Å². The minimum atomic E-state index is -0.851. The van der Waals surface area contributed by atoms with E-state index in [1.54, 1.807) is 0 Å². The molecule has 4 nitrogen and oxygen atoms in total. The Bertz CT molecular complexity index is 520. The Morgan fingerprint density at radius 1 is 1.15 bits per heavy atom. The molecule has 2 unspecified atom stereocenters. The Morgan fingerprint density at radius 3 is 2.40 bits per heavy atom. The van der Waals surface area contributed by atoms with Crippen molar-refractivity contribution in [3.8, 4) is 0 Å². The van der Waals surface area contributed by atoms with E-state index in [4.69, 9.17) is 10.5 Å². The van der Waals surface area contributed by atoms with E-state index < -0.39 is 23.4 Å². The molecule has 20 heavy (non-hydrogen) atoms. The van der Waals surface area contributed by atoms with Gasteiger partial charge in [-0.1, -0.05) is 36.8 Å². The number of hydrogen-bond acceptors (Lipinski definition) is 3. The van der Waals surface area contributed by atoms with Gasteiger partial charge in [-0.05, 0) is 31.2 Å². The van der Waals surface area contributed by atoms with Gasteiger partial charge >= 0.3 is 5.97 Å². The highest BCUT2D eigenvalue weighted by atomic mass is 16.6. The van der Waals surface area contributed by atoms with Gasteiger partial charge in [-0.2, -0.15) is 0 Å². The van der Waals surface area contributed by atoms with Crippen molar-refractivity contribution < 1.29 is 14.3 Å². The van der Waals surface area contributed by atoms with Crippen molar-refractivity contribution in [2.45, 2.75) is 43.6 Å². The molecule has 0 radical (unpaired) electrons. The van der Waals surface area contributed by atoms with Gasteiger partial charge in [-0.25, -0.2) is 0 Å². The van der Waals surface area contributed by atoms with Crippen LogP contribution in [-0.2, 0) is 14.3 Å². The molecule has 1 heterocycles. The molecular formula is C16H19NO3. The van der Waals surface area contributed by atoms with Crippen LogP contribution in [0.2, 0.25) is 0 Å². The Hall–Kier alpha value is -1.84. The van der Waals surface area contributed by atoms with Crippen LogP contribution in [0.15, 0.2) is 30.3 Å². The van der Waals surface area contributed by atoms with Gasteiger partial charge in [-0.3, -0.25) is 9.59 Å². The van der Waals surface area contributed by atoms with Gasteiger partial charge in [0, 0.05) is 5.92 Å². The van der Waals surface area contributed by atoms with Crippen LogP contribution in [0.4, 0.5) is 0 Å². The lowest BCUT2D eigenvalue weighted by Crippen LogP contribution is -2.39. The molecule has 106 valence electrons. The minimum absolute atomic E-state index is 0.242. The largest absolute Gasteiger partial charge is 0.458 e. The van der Waals surface area contributed by atoms with E-state index in [9.17, 15) is 9.59 Å². The molecular weight excluding hydrogens is 254 g/mol. The van der Waals surface area contributed by atoms with Gasteiger partial charge in [0.25, 0.3) is 0 Å². The summed E-state index contributed by atoms with van der Waals surface area (Å²) in [7, 11) is 0. The number of rotatable bonds is 2. The lowest BCUT2D eigenvalue weighted by Gasteiger charge is -2.37. The summed E-state index contributed by atoms with van der Waals surface area (Å²) >= 11 is 0. The predicted octanol–water partition coefficient (Wildman–Crippen LogP) is 2.13. The van der Waals surface area contributed by atoms with Gasteiger partial charge in [0.1, 0.15) is 11.5 Å². The highest BCUT2D eigenvalue weighted by Gasteiger charge is 2.58. The molecule has 1 aliphatic heterocycles. The molecule has 1 aromatic carbocycles. The summed E-state index contributed by atoms with van der Waals surface area (Å²) in [6, 6.07) is 9.69. The average Bonchev–Trinajstić information content (AvgIpc) is 2.73. The monoisotopic (exact) mass is 273 g/mol. The highest BCUT2D eigenvalue weighted by molar-refractivity contribution is 6.00. The summed E-state index contributed by atoms with van der Waals surface area (Å²) in [6.07, 6.45) is 4.86. The first kappa shape index (κ1) is 13.2. The van der Waals surface area contributed by atoms with Gasteiger partial charge in [-0.15, -0.1) is 0 Å². The highest BCUT2D eigenvalue weighted by Crippen LogP contribution is 2.51. The van der Waals surface area contributed by atoms with Gasteiger partial charge in [0.2, 0.25) is 5.91 Å². The molecule has 2 aliphatic rings. The fourth-order valence-corrected chi connectivity index (χ4v) is 3.77. The second-order valence-corrected chi connectivity index (χ2v) is 5.81. The van der Waals surface area contributed by atoms with E-state index in [2.05, 4.69) is 0 Å². The zero-order valence-electron chi connectivity index (χ0n) is 11.4. The number of carbonyl (C=O) groups is 2. The third-order valence-electron chi connectivity index (χ3n) is 4.62. The summed E-state index contributed by atoms with van der Waals surface area (Å²) in [5, 5.41) is 0. The van der Waals surface area contributed by atoms with Gasteiger partial charge in [0.15, 0.2) is 0 Å². The molecule has 1 saturated carbocycles. The number of primary amides is 1. The summed E-state index contributed by atoms with van der Waals surface area (Å²) in [4.78, 5) is 23.9. The summed E-state index contributed by atoms with van der Waals surface area (Å²) in [5.41, 5.74) is 5.91. The van der Waals surface area contributed by atoms with Crippen molar-refractivity contribution in [1.29, 1.82) is 0 Å². The Labute approximate surface area is 118 Å². The Kier molecular flexibility index (Phi) is 3.24. The van der Waals surface area contributed by atoms with Crippen LogP contribution in [-0.4, -0.2) is 17.5 Å². The lowest BCUT2D eigenvalue weighted by molar-refractivity contribution is -0.154. The number of ether oxygens (including phenoxy) is 1. The summed E-state index contributed by atoms with van der Waals surface area (Å²) < 4.78 is 5.69. The lowest BCUT2D eigenvalue weighted by atomic mass is 9.69. The van der Waals surface area contributed by atoms with E-state index in [0.29, 0.717) is 0 Å². The molecule has 2 fully saturated rings. The van der Waals surface area contributed by atoms with E-state index in [0.717, 1.165) is 37.7 Å². The number of esters is 1. The first-order valence-electron chi connectivity index (χ1n) is 7.21. The summed E-state index contributed by atoms with van der Waals surface area (Å²) in [6.45, 7) is 0. The van der Waals surface area contributed by atoms with Crippen LogP contribution in [0.3, 0.4) is 0 Å². The Morgan fingerprint density at radius 2 is 1.80 bits per heavy atom. The minimum Gasteiger partial charge on any atom is -0.458 e. The van der Waals surface area contributed by atoms with E-state index in [1.165, 1.54) is 0 Å². The number of nitrogens with two attached hydrogens (primary N) is 1. The van der Waals surface area contributed by atoms with Crippen LogP contribution < -0.4 is 5.73 Å². The smallest absolute Gasteiger partial charge is 0.319 e. The third-order valence-corrected chi connectivity index (χ3v) is 4.62. The van der Waals surface area contributed by atoms with Crippen LogP contribution in [0.1, 0.15) is 43.6 Å². The van der Waals surface area contributed by atoms with Crippen molar-refractivity contribution in [2.75, 3.05) is 0 Å². The van der Waals surface area contributed by atoms with E-state index in [-0.39, 0.29) is 5.92 Å². The van der Waals surface area contributed by atoms with E-state index in [1.807, 2.05) is 30.3 Å². The second-order valence-electron chi connectivity index (χ2n) is 5.81. The molecule has 1 aliphatic carbocycles. The van der Waals surface area contributed by atoms with E-state index >= 15 is 0 Å². The number of hydrogen-bond donors (Lipinski definition) is 1. The summed E-state index contributed by atoms with van der Waals surface area (Å²) in [5.74, 6) is -2.12. The quantitative estimate of drug-likeness (QED) is 0.663. The Balaban J connectivity index is 2.06. The molecule has 2 atom stereocenters. The maximum Gasteiger partial charge on any atom is 0.319 e. The van der Waals surface area contributed by atoms with Crippen LogP contribution >= 0.6 is 0 Å². The third kappa shape index (κ3) is 1.99. The van der Waals surface area contributed by atoms with Crippen molar-refractivity contribution in [2.24, 2.45) is 11.7 Å². The average molecular weight is 273 g/mol. The molecule has 3 rings (SSSR count). The fourth-order valence-electron chi connectivity index (χ4n) is 3.77. The molecule has 0 aromatic heterocycles. The first-order chi connectivity index (χ1) is 9.64. The van der Waals surface area contributed by atoms with Crippen molar-refractivity contribution in [3.05, 3.63) is 35.9 Å². The van der Waals surface area contributed by atoms with Crippen LogP contribution in [0, 0.1) is 5.92 Å². The van der Waals surface area contributed by atoms with Crippen LogP contribution in [0.5, 0.6) is 0 Å². The maximum atomic E-state index is 12.1. The SMILES string of the molecule is NC(=O)C1C(=O)OC2(CCCCC2)C1c1ccccc1. The molecule has 1 spiro atoms.